The second kappa shape index (κ2) is 7.97. The van der Waals surface area contributed by atoms with Crippen molar-refractivity contribution in [2.45, 2.75) is 44.3 Å². The summed E-state index contributed by atoms with van der Waals surface area (Å²) in [4.78, 5) is 12.3. The van der Waals surface area contributed by atoms with Gasteiger partial charge in [0, 0.05) is 13.1 Å². The first kappa shape index (κ1) is 17.3. The van der Waals surface area contributed by atoms with E-state index in [1.165, 1.54) is 17.3 Å². The van der Waals surface area contributed by atoms with Crippen molar-refractivity contribution in [1.29, 1.82) is 0 Å². The quantitative estimate of drug-likeness (QED) is 0.626. The molecule has 1 atom stereocenters. The molecule has 1 aromatic heterocycles. The van der Waals surface area contributed by atoms with Crippen LogP contribution in [-0.4, -0.2) is 25.9 Å². The van der Waals surface area contributed by atoms with Crippen molar-refractivity contribution in [3.8, 4) is 0 Å². The van der Waals surface area contributed by atoms with E-state index in [9.17, 15) is 4.79 Å². The lowest BCUT2D eigenvalue weighted by Crippen LogP contribution is -2.30. The Kier molecular flexibility index (Phi) is 5.98. The van der Waals surface area contributed by atoms with Crippen LogP contribution in [0, 0.1) is 13.8 Å². The number of rotatable bonds is 7. The zero-order valence-corrected chi connectivity index (χ0v) is 14.6. The maximum Gasteiger partial charge on any atom is 0.233 e. The topological polar surface area (TPSA) is 59.8 Å². The number of thioether (sulfide) groups is 1. The van der Waals surface area contributed by atoms with Crippen LogP contribution in [-0.2, 0) is 17.9 Å². The summed E-state index contributed by atoms with van der Waals surface area (Å²) < 4.78 is 1.95. The van der Waals surface area contributed by atoms with Crippen molar-refractivity contribution in [3.05, 3.63) is 53.9 Å². The molecule has 0 saturated heterocycles. The number of benzene rings is 1. The molecule has 122 valence electrons. The minimum atomic E-state index is -0.243. The van der Waals surface area contributed by atoms with Gasteiger partial charge in [-0.05, 0) is 26.3 Å². The fraction of sp³-hybridized carbons (Fsp3) is 0.353. The predicted molar refractivity (Wildman–Crippen MR) is 93.3 cm³/mol. The number of aryl methyl sites for hydroxylation is 2. The molecule has 1 aromatic carbocycles. The summed E-state index contributed by atoms with van der Waals surface area (Å²) in [5, 5.41) is 11.6. The average Bonchev–Trinajstić information content (AvgIpc) is 2.87. The molecule has 6 heteroatoms. The van der Waals surface area contributed by atoms with Crippen LogP contribution in [0.5, 0.6) is 0 Å². The van der Waals surface area contributed by atoms with Crippen LogP contribution in [0.2, 0.25) is 0 Å². The first-order chi connectivity index (χ1) is 11.0. The second-order valence-corrected chi connectivity index (χ2v) is 6.70. The third kappa shape index (κ3) is 4.69. The highest BCUT2D eigenvalue weighted by molar-refractivity contribution is 8.00. The molecule has 1 amide bonds. The van der Waals surface area contributed by atoms with Gasteiger partial charge in [0.25, 0.3) is 0 Å². The van der Waals surface area contributed by atoms with Crippen molar-refractivity contribution >= 4 is 17.7 Å². The van der Waals surface area contributed by atoms with E-state index in [1.54, 1.807) is 6.08 Å². The Labute approximate surface area is 141 Å². The van der Waals surface area contributed by atoms with Crippen LogP contribution in [0.4, 0.5) is 0 Å². The number of hydrogen-bond donors (Lipinski definition) is 1. The molecular formula is C17H22N4OS. The highest BCUT2D eigenvalue weighted by Crippen LogP contribution is 2.22. The van der Waals surface area contributed by atoms with E-state index in [-0.39, 0.29) is 11.2 Å². The smallest absolute Gasteiger partial charge is 0.233 e. The molecule has 0 spiro atoms. The van der Waals surface area contributed by atoms with Crippen molar-refractivity contribution in [1.82, 2.24) is 20.1 Å². The Hall–Kier alpha value is -2.08. The lowest BCUT2D eigenvalue weighted by atomic mass is 10.1. The van der Waals surface area contributed by atoms with Crippen molar-refractivity contribution in [2.75, 3.05) is 0 Å². The maximum atomic E-state index is 12.3. The van der Waals surface area contributed by atoms with Crippen LogP contribution in [0.3, 0.4) is 0 Å². The van der Waals surface area contributed by atoms with Crippen molar-refractivity contribution in [2.24, 2.45) is 0 Å². The van der Waals surface area contributed by atoms with E-state index < -0.39 is 0 Å². The molecule has 0 aliphatic heterocycles. The van der Waals surface area contributed by atoms with Crippen LogP contribution < -0.4 is 5.32 Å². The zero-order chi connectivity index (χ0) is 16.8. The molecule has 1 N–H and O–H groups in total. The van der Waals surface area contributed by atoms with Gasteiger partial charge >= 0.3 is 0 Å². The summed E-state index contributed by atoms with van der Waals surface area (Å²) >= 11 is 1.41. The van der Waals surface area contributed by atoms with E-state index in [2.05, 4.69) is 22.1 Å². The Morgan fingerprint density at radius 3 is 2.70 bits per heavy atom. The summed E-state index contributed by atoms with van der Waals surface area (Å²) in [6.45, 7) is 10.7. The number of aromatic nitrogens is 3. The number of carbonyl (C=O) groups is 1. The first-order valence-corrected chi connectivity index (χ1v) is 8.40. The number of hydrogen-bond acceptors (Lipinski definition) is 4. The van der Waals surface area contributed by atoms with Crippen LogP contribution in [0.1, 0.15) is 23.9 Å². The van der Waals surface area contributed by atoms with Gasteiger partial charge in [0.2, 0.25) is 5.91 Å². The highest BCUT2D eigenvalue weighted by Gasteiger charge is 2.18. The molecule has 0 aliphatic carbocycles. The minimum absolute atomic E-state index is 0.0126. The molecular weight excluding hydrogens is 308 g/mol. The van der Waals surface area contributed by atoms with Gasteiger partial charge in [-0.3, -0.25) is 4.79 Å². The predicted octanol–water partition coefficient (Wildman–Crippen LogP) is 2.88. The lowest BCUT2D eigenvalue weighted by molar-refractivity contribution is -0.120. The summed E-state index contributed by atoms with van der Waals surface area (Å²) in [5.74, 6) is 0.807. The fourth-order valence-electron chi connectivity index (χ4n) is 2.04. The SMILES string of the molecule is C=CCn1c(C)nnc1S[C@H](C)C(=O)NCc1ccc(C)cc1. The number of carbonyl (C=O) groups excluding carboxylic acids is 1. The lowest BCUT2D eigenvalue weighted by Gasteiger charge is -2.12. The number of nitrogens with zero attached hydrogens (tertiary/aromatic N) is 3. The standard InChI is InChI=1S/C17H22N4OS/c1-5-10-21-14(4)19-20-17(21)23-13(3)16(22)18-11-15-8-6-12(2)7-9-15/h5-9,13H,1,10-11H2,2-4H3,(H,18,22)/t13-/m1/s1. The summed E-state index contributed by atoms with van der Waals surface area (Å²) in [5.41, 5.74) is 2.30. The van der Waals surface area contributed by atoms with Gasteiger partial charge in [-0.2, -0.15) is 0 Å². The minimum Gasteiger partial charge on any atom is -0.351 e. The monoisotopic (exact) mass is 330 g/mol. The van der Waals surface area contributed by atoms with Gasteiger partial charge in [-0.25, -0.2) is 0 Å². The molecule has 2 rings (SSSR count). The van der Waals surface area contributed by atoms with Gasteiger partial charge in [0.05, 0.1) is 5.25 Å². The summed E-state index contributed by atoms with van der Waals surface area (Å²) in [6.07, 6.45) is 1.79. The molecule has 23 heavy (non-hydrogen) atoms. The third-order valence-electron chi connectivity index (χ3n) is 3.45. The number of nitrogens with one attached hydrogen (secondary N) is 1. The van der Waals surface area contributed by atoms with Gasteiger partial charge in [-0.15, -0.1) is 16.8 Å². The Balaban J connectivity index is 1.92. The normalized spacial score (nSPS) is 12.0. The molecule has 0 unspecified atom stereocenters. The highest BCUT2D eigenvalue weighted by atomic mass is 32.2. The van der Waals surface area contributed by atoms with E-state index >= 15 is 0 Å². The Morgan fingerprint density at radius 2 is 2.04 bits per heavy atom. The molecule has 2 aromatic rings. The van der Waals surface area contributed by atoms with Gasteiger partial charge < -0.3 is 9.88 Å². The Morgan fingerprint density at radius 1 is 1.35 bits per heavy atom. The summed E-state index contributed by atoms with van der Waals surface area (Å²) in [7, 11) is 0. The average molecular weight is 330 g/mol. The van der Waals surface area contributed by atoms with Crippen LogP contribution >= 0.6 is 11.8 Å². The fourth-order valence-corrected chi connectivity index (χ4v) is 2.97. The molecule has 5 nitrogen and oxygen atoms in total. The molecule has 1 heterocycles. The summed E-state index contributed by atoms with van der Waals surface area (Å²) in [6, 6.07) is 8.13. The third-order valence-corrected chi connectivity index (χ3v) is 4.53. The van der Waals surface area contributed by atoms with Crippen LogP contribution in [0.25, 0.3) is 0 Å². The number of allylic oxidation sites excluding steroid dienone is 1. The largest absolute Gasteiger partial charge is 0.351 e. The van der Waals surface area contributed by atoms with Crippen molar-refractivity contribution in [3.63, 3.8) is 0 Å². The van der Waals surface area contributed by atoms with E-state index in [0.29, 0.717) is 13.1 Å². The maximum absolute atomic E-state index is 12.3. The molecule has 0 saturated carbocycles. The Bertz CT molecular complexity index is 678. The molecule has 0 aliphatic rings. The van der Waals surface area contributed by atoms with E-state index in [0.717, 1.165) is 16.5 Å². The molecule has 0 fully saturated rings. The van der Waals surface area contributed by atoms with Crippen molar-refractivity contribution < 1.29 is 4.79 Å². The zero-order valence-electron chi connectivity index (χ0n) is 13.7. The molecule has 0 bridgehead atoms. The molecule has 0 radical (unpaired) electrons. The van der Waals surface area contributed by atoms with E-state index in [4.69, 9.17) is 0 Å². The van der Waals surface area contributed by atoms with Gasteiger partial charge in [0.1, 0.15) is 5.82 Å². The van der Waals surface area contributed by atoms with Gasteiger partial charge in [-0.1, -0.05) is 47.7 Å². The van der Waals surface area contributed by atoms with E-state index in [1.807, 2.05) is 49.6 Å². The first-order valence-electron chi connectivity index (χ1n) is 7.52. The number of amides is 1. The van der Waals surface area contributed by atoms with Gasteiger partial charge in [0.15, 0.2) is 5.16 Å². The second-order valence-electron chi connectivity index (χ2n) is 5.39. The van der Waals surface area contributed by atoms with Crippen LogP contribution in [0.15, 0.2) is 42.1 Å².